The van der Waals surface area contributed by atoms with Crippen LogP contribution in [0.2, 0.25) is 5.02 Å². The minimum atomic E-state index is -0.482. The van der Waals surface area contributed by atoms with Crippen LogP contribution in [0.1, 0.15) is 29.6 Å². The molecule has 0 spiro atoms. The molecule has 1 aromatic carbocycles. The third-order valence-corrected chi connectivity index (χ3v) is 4.42. The molecule has 0 saturated carbocycles. The monoisotopic (exact) mass is 338 g/mol. The fraction of sp³-hybridized carbons (Fsp3) is 0.500. The molecule has 6 nitrogen and oxygen atoms in total. The van der Waals surface area contributed by atoms with Crippen LogP contribution in [0.4, 0.5) is 0 Å². The molecule has 2 aliphatic rings. The molecule has 0 unspecified atom stereocenters. The average molecular weight is 339 g/mol. The highest BCUT2D eigenvalue weighted by molar-refractivity contribution is 6.31. The number of halogens is 1. The number of amides is 2. The Labute approximate surface area is 139 Å². The summed E-state index contributed by atoms with van der Waals surface area (Å²) in [5.74, 6) is 0.0728. The first-order valence-electron chi connectivity index (χ1n) is 7.70. The summed E-state index contributed by atoms with van der Waals surface area (Å²) in [4.78, 5) is 32.4. The molecule has 2 saturated heterocycles. The van der Waals surface area contributed by atoms with Crippen molar-refractivity contribution in [3.63, 3.8) is 0 Å². The first-order valence-corrected chi connectivity index (χ1v) is 8.08. The molecule has 2 fully saturated rings. The number of carbonyl (C=O) groups is 2. The predicted octanol–water partition coefficient (Wildman–Crippen LogP) is 2.12. The van der Waals surface area contributed by atoms with Gasteiger partial charge in [0, 0.05) is 11.6 Å². The molecule has 3 rings (SSSR count). The van der Waals surface area contributed by atoms with Crippen LogP contribution in [0, 0.1) is 0 Å². The van der Waals surface area contributed by atoms with Crippen LogP contribution < -0.4 is 4.74 Å². The third-order valence-electron chi connectivity index (χ3n) is 4.19. The maximum absolute atomic E-state index is 12.9. The summed E-state index contributed by atoms with van der Waals surface area (Å²) in [6.45, 7) is 1.67. The molecule has 0 radical (unpaired) electrons. The molecule has 0 aromatic heterocycles. The Balaban J connectivity index is 1.83. The van der Waals surface area contributed by atoms with Crippen molar-refractivity contribution in [2.75, 3.05) is 26.8 Å². The van der Waals surface area contributed by atoms with E-state index in [-0.39, 0.29) is 11.8 Å². The van der Waals surface area contributed by atoms with Crippen LogP contribution in [-0.2, 0) is 9.63 Å². The van der Waals surface area contributed by atoms with E-state index in [4.69, 9.17) is 21.2 Å². The topological polar surface area (TPSA) is 59.1 Å². The molecule has 0 bridgehead atoms. The zero-order chi connectivity index (χ0) is 16.4. The molecule has 0 aliphatic carbocycles. The van der Waals surface area contributed by atoms with E-state index in [1.807, 2.05) is 0 Å². The maximum atomic E-state index is 12.9. The first-order chi connectivity index (χ1) is 11.1. The van der Waals surface area contributed by atoms with Gasteiger partial charge in [-0.15, -0.1) is 0 Å². The van der Waals surface area contributed by atoms with Crippen molar-refractivity contribution in [2.24, 2.45) is 0 Å². The Kier molecular flexibility index (Phi) is 4.73. The number of benzene rings is 1. The first kappa shape index (κ1) is 16.1. The lowest BCUT2D eigenvalue weighted by Crippen LogP contribution is -2.46. The van der Waals surface area contributed by atoms with Crippen molar-refractivity contribution in [2.45, 2.75) is 25.3 Å². The molecule has 1 aromatic rings. The molecule has 23 heavy (non-hydrogen) atoms. The number of methoxy groups -OCH3 is 1. The van der Waals surface area contributed by atoms with E-state index >= 15 is 0 Å². The molecular formula is C16H19ClN2O4. The van der Waals surface area contributed by atoms with E-state index < -0.39 is 6.04 Å². The van der Waals surface area contributed by atoms with Crippen molar-refractivity contribution in [3.8, 4) is 5.75 Å². The van der Waals surface area contributed by atoms with Crippen LogP contribution in [0.25, 0.3) is 0 Å². The van der Waals surface area contributed by atoms with Gasteiger partial charge in [0.15, 0.2) is 0 Å². The summed E-state index contributed by atoms with van der Waals surface area (Å²) in [6.07, 6.45) is 2.26. The zero-order valence-corrected chi connectivity index (χ0v) is 13.7. The lowest BCUT2D eigenvalue weighted by Gasteiger charge is -2.27. The molecule has 2 amide bonds. The Bertz CT molecular complexity index is 616. The normalized spacial score (nSPS) is 20.9. The summed E-state index contributed by atoms with van der Waals surface area (Å²) in [6, 6.07) is 4.42. The molecule has 2 aliphatic heterocycles. The van der Waals surface area contributed by atoms with Crippen LogP contribution in [0.3, 0.4) is 0 Å². The molecule has 124 valence electrons. The van der Waals surface area contributed by atoms with Gasteiger partial charge < -0.3 is 9.64 Å². The van der Waals surface area contributed by atoms with E-state index in [2.05, 4.69) is 0 Å². The highest BCUT2D eigenvalue weighted by Crippen LogP contribution is 2.28. The minimum absolute atomic E-state index is 0.144. The van der Waals surface area contributed by atoms with E-state index in [1.165, 1.54) is 12.2 Å². The summed E-state index contributed by atoms with van der Waals surface area (Å²) >= 11 is 6.01. The van der Waals surface area contributed by atoms with Gasteiger partial charge in [0.1, 0.15) is 11.8 Å². The fourth-order valence-corrected chi connectivity index (χ4v) is 3.23. The lowest BCUT2D eigenvalue weighted by molar-refractivity contribution is -0.172. The van der Waals surface area contributed by atoms with Gasteiger partial charge in [-0.1, -0.05) is 11.6 Å². The van der Waals surface area contributed by atoms with E-state index in [0.29, 0.717) is 42.5 Å². The van der Waals surface area contributed by atoms with Gasteiger partial charge >= 0.3 is 0 Å². The fourth-order valence-electron chi connectivity index (χ4n) is 3.06. The summed E-state index contributed by atoms with van der Waals surface area (Å²) in [5, 5.41) is 1.84. The Morgan fingerprint density at radius 3 is 2.83 bits per heavy atom. The van der Waals surface area contributed by atoms with Gasteiger partial charge in [0.25, 0.3) is 11.8 Å². The van der Waals surface area contributed by atoms with Gasteiger partial charge in [0.05, 0.1) is 25.8 Å². The van der Waals surface area contributed by atoms with Crippen LogP contribution >= 0.6 is 11.6 Å². The Hall–Kier alpha value is -1.79. The van der Waals surface area contributed by atoms with Gasteiger partial charge in [0.2, 0.25) is 0 Å². The highest BCUT2D eigenvalue weighted by atomic mass is 35.5. The van der Waals surface area contributed by atoms with Gasteiger partial charge in [-0.25, -0.2) is 5.06 Å². The second-order valence-electron chi connectivity index (χ2n) is 5.63. The standard InChI is InChI=1S/C16H19ClN2O4/c1-22-14-6-5-11(17)10-12(14)15(20)18-7-2-4-13(18)16(21)19-8-3-9-23-19/h5-6,10,13H,2-4,7-9H2,1H3/t13-/m0/s1. The molecule has 7 heteroatoms. The summed E-state index contributed by atoms with van der Waals surface area (Å²) in [5.41, 5.74) is 0.377. The highest BCUT2D eigenvalue weighted by Gasteiger charge is 2.39. The summed E-state index contributed by atoms with van der Waals surface area (Å²) < 4.78 is 5.25. The van der Waals surface area contributed by atoms with Crippen LogP contribution in [-0.4, -0.2) is 54.6 Å². The SMILES string of the molecule is COc1ccc(Cl)cc1C(=O)N1CCC[C@H]1C(=O)N1CCCO1. The minimum Gasteiger partial charge on any atom is -0.496 e. The van der Waals surface area contributed by atoms with Crippen LogP contribution in [0.15, 0.2) is 18.2 Å². The van der Waals surface area contributed by atoms with Gasteiger partial charge in [-0.3, -0.25) is 14.4 Å². The molecule has 2 heterocycles. The summed E-state index contributed by atoms with van der Waals surface area (Å²) in [7, 11) is 1.50. The van der Waals surface area contributed by atoms with Crippen molar-refractivity contribution < 1.29 is 19.2 Å². The number of hydrogen-bond donors (Lipinski definition) is 0. The van der Waals surface area contributed by atoms with Crippen molar-refractivity contribution in [1.29, 1.82) is 0 Å². The smallest absolute Gasteiger partial charge is 0.268 e. The number of carbonyl (C=O) groups excluding carboxylic acids is 2. The van der Waals surface area contributed by atoms with Crippen molar-refractivity contribution in [1.82, 2.24) is 9.96 Å². The molecule has 0 N–H and O–H groups in total. The lowest BCUT2D eigenvalue weighted by atomic mass is 10.1. The number of likely N-dealkylation sites (tertiary alicyclic amines) is 1. The maximum Gasteiger partial charge on any atom is 0.268 e. The van der Waals surface area contributed by atoms with E-state index in [1.54, 1.807) is 23.1 Å². The number of rotatable bonds is 3. The average Bonchev–Trinajstić information content (AvgIpc) is 3.24. The van der Waals surface area contributed by atoms with Crippen molar-refractivity contribution >= 4 is 23.4 Å². The Morgan fingerprint density at radius 2 is 2.13 bits per heavy atom. The van der Waals surface area contributed by atoms with E-state index in [0.717, 1.165) is 12.8 Å². The number of hydrogen-bond acceptors (Lipinski definition) is 4. The second kappa shape index (κ2) is 6.76. The van der Waals surface area contributed by atoms with Crippen molar-refractivity contribution in [3.05, 3.63) is 28.8 Å². The Morgan fingerprint density at radius 1 is 1.30 bits per heavy atom. The molecule has 1 atom stereocenters. The predicted molar refractivity (Wildman–Crippen MR) is 84.3 cm³/mol. The largest absolute Gasteiger partial charge is 0.496 e. The number of nitrogens with zero attached hydrogens (tertiary/aromatic N) is 2. The quantitative estimate of drug-likeness (QED) is 0.847. The number of ether oxygens (including phenoxy) is 1. The molecular weight excluding hydrogens is 320 g/mol. The van der Waals surface area contributed by atoms with Crippen LogP contribution in [0.5, 0.6) is 5.75 Å². The second-order valence-corrected chi connectivity index (χ2v) is 6.06. The third kappa shape index (κ3) is 3.14. The van der Waals surface area contributed by atoms with Gasteiger partial charge in [-0.05, 0) is 37.5 Å². The van der Waals surface area contributed by atoms with E-state index in [9.17, 15) is 9.59 Å². The van der Waals surface area contributed by atoms with Gasteiger partial charge in [-0.2, -0.15) is 0 Å². The number of hydroxylamine groups is 2. The zero-order valence-electron chi connectivity index (χ0n) is 13.0.